The zero-order valence-corrected chi connectivity index (χ0v) is 18.6. The Hall–Kier alpha value is -4.09. The van der Waals surface area contributed by atoms with Crippen molar-refractivity contribution < 1.29 is 9.21 Å². The highest BCUT2D eigenvalue weighted by molar-refractivity contribution is 6.31. The highest BCUT2D eigenvalue weighted by Gasteiger charge is 2.08. The standard InChI is InChI=1S/C27H20ClN3O2/c1-17-9-10-18(16-22(17)28)25-13-11-21(33-25)12-14-26(32)29-20-6-4-5-19(15-20)27-30-23-7-2-3-8-24(23)31-27/h2-16H,1H3,(H,29,32)(H,30,31)/b14-12+. The number of benzene rings is 3. The molecule has 162 valence electrons. The summed E-state index contributed by atoms with van der Waals surface area (Å²) >= 11 is 6.21. The van der Waals surface area contributed by atoms with Crippen LogP contribution in [0.3, 0.4) is 0 Å². The van der Waals surface area contributed by atoms with Crippen molar-refractivity contribution in [2.24, 2.45) is 0 Å². The number of H-pyrrole nitrogens is 1. The van der Waals surface area contributed by atoms with Crippen LogP contribution in [0.5, 0.6) is 0 Å². The summed E-state index contributed by atoms with van der Waals surface area (Å²) in [6.45, 7) is 1.95. The lowest BCUT2D eigenvalue weighted by atomic mass is 10.1. The van der Waals surface area contributed by atoms with Gasteiger partial charge < -0.3 is 14.7 Å². The van der Waals surface area contributed by atoms with Gasteiger partial charge in [0.15, 0.2) is 0 Å². The van der Waals surface area contributed by atoms with Crippen molar-refractivity contribution >= 4 is 40.3 Å². The summed E-state index contributed by atoms with van der Waals surface area (Å²) in [5.74, 6) is 1.76. The molecule has 6 heteroatoms. The summed E-state index contributed by atoms with van der Waals surface area (Å²) in [4.78, 5) is 20.4. The van der Waals surface area contributed by atoms with E-state index in [-0.39, 0.29) is 5.91 Å². The fraction of sp³-hybridized carbons (Fsp3) is 0.0370. The van der Waals surface area contributed by atoms with Crippen LogP contribution in [-0.4, -0.2) is 15.9 Å². The lowest BCUT2D eigenvalue weighted by Gasteiger charge is -2.04. The first-order chi connectivity index (χ1) is 16.0. The molecule has 0 aliphatic rings. The first-order valence-electron chi connectivity index (χ1n) is 10.5. The number of carbonyl (C=O) groups is 1. The monoisotopic (exact) mass is 453 g/mol. The van der Waals surface area contributed by atoms with Crippen molar-refractivity contribution in [1.82, 2.24) is 9.97 Å². The number of carbonyl (C=O) groups excluding carboxylic acids is 1. The Morgan fingerprint density at radius 1 is 1.00 bits per heavy atom. The van der Waals surface area contributed by atoms with Gasteiger partial charge in [0.2, 0.25) is 5.91 Å². The number of furan rings is 1. The Balaban J connectivity index is 1.28. The Morgan fingerprint density at radius 2 is 1.88 bits per heavy atom. The van der Waals surface area contributed by atoms with E-state index in [1.165, 1.54) is 6.08 Å². The van der Waals surface area contributed by atoms with Crippen LogP contribution < -0.4 is 5.32 Å². The Labute approximate surface area is 195 Å². The second kappa shape index (κ2) is 8.81. The van der Waals surface area contributed by atoms with Crippen molar-refractivity contribution in [1.29, 1.82) is 0 Å². The number of hydrogen-bond acceptors (Lipinski definition) is 3. The molecule has 0 bridgehead atoms. The molecule has 0 fully saturated rings. The van der Waals surface area contributed by atoms with Gasteiger partial charge in [0.05, 0.1) is 11.0 Å². The molecule has 0 spiro atoms. The lowest BCUT2D eigenvalue weighted by molar-refractivity contribution is -0.111. The van der Waals surface area contributed by atoms with E-state index >= 15 is 0 Å². The van der Waals surface area contributed by atoms with Gasteiger partial charge in [-0.3, -0.25) is 4.79 Å². The normalized spacial score (nSPS) is 11.3. The summed E-state index contributed by atoms with van der Waals surface area (Å²) in [6.07, 6.45) is 3.08. The minimum Gasteiger partial charge on any atom is -0.457 e. The van der Waals surface area contributed by atoms with E-state index in [1.807, 2.05) is 85.8 Å². The molecule has 3 aromatic carbocycles. The number of imidazole rings is 1. The maximum absolute atomic E-state index is 12.5. The first-order valence-corrected chi connectivity index (χ1v) is 10.8. The molecule has 0 aliphatic heterocycles. The third-order valence-corrected chi connectivity index (χ3v) is 5.68. The second-order valence-corrected chi connectivity index (χ2v) is 8.08. The predicted octanol–water partition coefficient (Wildman–Crippen LogP) is 7.10. The highest BCUT2D eigenvalue weighted by atomic mass is 35.5. The van der Waals surface area contributed by atoms with Crippen LogP contribution in [0.15, 0.2) is 89.4 Å². The Morgan fingerprint density at radius 3 is 2.73 bits per heavy atom. The van der Waals surface area contributed by atoms with Gasteiger partial charge in [0.1, 0.15) is 17.3 Å². The Kier molecular flexibility index (Phi) is 5.55. The number of fused-ring (bicyclic) bond motifs is 1. The van der Waals surface area contributed by atoms with Crippen molar-refractivity contribution in [2.75, 3.05) is 5.32 Å². The molecule has 0 saturated carbocycles. The number of halogens is 1. The van der Waals surface area contributed by atoms with E-state index in [9.17, 15) is 4.79 Å². The number of para-hydroxylation sites is 2. The van der Waals surface area contributed by atoms with Crippen molar-refractivity contribution in [3.05, 3.63) is 101 Å². The SMILES string of the molecule is Cc1ccc(-c2ccc(/C=C/C(=O)Nc3cccc(-c4nc5ccccc5[nH]4)c3)o2)cc1Cl. The molecule has 0 radical (unpaired) electrons. The van der Waals surface area contributed by atoms with Gasteiger partial charge in [-0.05, 0) is 61.0 Å². The van der Waals surface area contributed by atoms with Crippen LogP contribution in [0.4, 0.5) is 5.69 Å². The predicted molar refractivity (Wildman–Crippen MR) is 133 cm³/mol. The number of aromatic nitrogens is 2. The van der Waals surface area contributed by atoms with Crippen molar-refractivity contribution in [2.45, 2.75) is 6.92 Å². The molecule has 2 aromatic heterocycles. The Bertz CT molecular complexity index is 1460. The summed E-state index contributed by atoms with van der Waals surface area (Å²) in [7, 11) is 0. The van der Waals surface area contributed by atoms with Crippen LogP contribution in [0.2, 0.25) is 5.02 Å². The molecule has 5 nitrogen and oxygen atoms in total. The largest absolute Gasteiger partial charge is 0.457 e. The molecule has 5 aromatic rings. The minimum atomic E-state index is -0.256. The molecule has 0 saturated heterocycles. The quantitative estimate of drug-likeness (QED) is 0.279. The maximum Gasteiger partial charge on any atom is 0.248 e. The molecule has 2 heterocycles. The smallest absolute Gasteiger partial charge is 0.248 e. The van der Waals surface area contributed by atoms with Gasteiger partial charge in [0, 0.05) is 27.9 Å². The zero-order valence-electron chi connectivity index (χ0n) is 17.8. The molecule has 0 atom stereocenters. The fourth-order valence-electron chi connectivity index (χ4n) is 3.52. The van der Waals surface area contributed by atoms with Crippen LogP contribution in [0.1, 0.15) is 11.3 Å². The molecular formula is C27H20ClN3O2. The number of amides is 1. The van der Waals surface area contributed by atoms with Gasteiger partial charge in [0.25, 0.3) is 0 Å². The second-order valence-electron chi connectivity index (χ2n) is 7.67. The van der Waals surface area contributed by atoms with Gasteiger partial charge in [-0.2, -0.15) is 0 Å². The van der Waals surface area contributed by atoms with Gasteiger partial charge in [-0.25, -0.2) is 4.98 Å². The van der Waals surface area contributed by atoms with E-state index in [1.54, 1.807) is 6.08 Å². The van der Waals surface area contributed by atoms with Crippen LogP contribution in [0.25, 0.3) is 39.8 Å². The van der Waals surface area contributed by atoms with E-state index in [4.69, 9.17) is 16.0 Å². The van der Waals surface area contributed by atoms with E-state index in [0.717, 1.165) is 33.5 Å². The van der Waals surface area contributed by atoms with Crippen molar-refractivity contribution in [3.63, 3.8) is 0 Å². The summed E-state index contributed by atoms with van der Waals surface area (Å²) in [5.41, 5.74) is 5.33. The third kappa shape index (κ3) is 4.59. The molecule has 0 aliphatic carbocycles. The number of aryl methyl sites for hydroxylation is 1. The maximum atomic E-state index is 12.5. The van der Waals surface area contributed by atoms with Crippen LogP contribution >= 0.6 is 11.6 Å². The molecule has 33 heavy (non-hydrogen) atoms. The summed E-state index contributed by atoms with van der Waals surface area (Å²) in [5, 5.41) is 3.57. The van der Waals surface area contributed by atoms with Gasteiger partial charge in [-0.15, -0.1) is 0 Å². The first kappa shape index (κ1) is 20.8. The minimum absolute atomic E-state index is 0.256. The van der Waals surface area contributed by atoms with Gasteiger partial charge >= 0.3 is 0 Å². The van der Waals surface area contributed by atoms with E-state index < -0.39 is 0 Å². The topological polar surface area (TPSA) is 70.9 Å². The zero-order chi connectivity index (χ0) is 22.8. The lowest BCUT2D eigenvalue weighted by Crippen LogP contribution is -2.07. The highest BCUT2D eigenvalue weighted by Crippen LogP contribution is 2.27. The number of hydrogen-bond donors (Lipinski definition) is 2. The van der Waals surface area contributed by atoms with Crippen LogP contribution in [0, 0.1) is 6.92 Å². The summed E-state index contributed by atoms with van der Waals surface area (Å²) < 4.78 is 5.83. The molecular weight excluding hydrogens is 434 g/mol. The van der Waals surface area contributed by atoms with Gasteiger partial charge in [-0.1, -0.05) is 48.0 Å². The number of nitrogens with one attached hydrogen (secondary N) is 2. The molecule has 5 rings (SSSR count). The number of rotatable bonds is 5. The fourth-order valence-corrected chi connectivity index (χ4v) is 3.70. The number of aromatic amines is 1. The number of anilines is 1. The average Bonchev–Trinajstić information content (AvgIpc) is 3.47. The molecule has 1 amide bonds. The number of nitrogens with zero attached hydrogens (tertiary/aromatic N) is 1. The van der Waals surface area contributed by atoms with E-state index in [2.05, 4.69) is 15.3 Å². The molecule has 2 N–H and O–H groups in total. The average molecular weight is 454 g/mol. The third-order valence-electron chi connectivity index (χ3n) is 5.28. The van der Waals surface area contributed by atoms with Crippen molar-refractivity contribution in [3.8, 4) is 22.7 Å². The van der Waals surface area contributed by atoms with E-state index in [0.29, 0.717) is 22.2 Å². The van der Waals surface area contributed by atoms with Crippen LogP contribution in [-0.2, 0) is 4.79 Å². The summed E-state index contributed by atoms with van der Waals surface area (Å²) in [6, 6.07) is 24.8. The molecule has 0 unspecified atom stereocenters.